The molecule has 1 aliphatic carbocycles. The Labute approximate surface area is 161 Å². The molecule has 0 N–H and O–H groups in total. The lowest BCUT2D eigenvalue weighted by molar-refractivity contribution is 0.0985. The summed E-state index contributed by atoms with van der Waals surface area (Å²) in [7, 11) is 6.29. The summed E-state index contributed by atoms with van der Waals surface area (Å²) < 4.78 is 8.01. The Morgan fingerprint density at radius 3 is 2.78 bits per heavy atom. The van der Waals surface area contributed by atoms with Crippen LogP contribution >= 0.6 is 0 Å². The standard InChI is InChI=1S/C24H28N2O/c1-25-12-11-24(17-7-6-8-19(13-17)27-3)15-23-21(14-18(24)16-25)20-9-4-5-10-22(20)26(23)2/h4-10,13,18H,11-12,14-16H2,1-3H3/t18?,24-/m1/s1. The van der Waals surface area contributed by atoms with Crippen molar-refractivity contribution in [2.24, 2.45) is 13.0 Å². The molecule has 0 radical (unpaired) electrons. The topological polar surface area (TPSA) is 17.4 Å². The number of likely N-dealkylation sites (tertiary alicyclic amines) is 1. The van der Waals surface area contributed by atoms with Gasteiger partial charge in [-0.1, -0.05) is 30.3 Å². The van der Waals surface area contributed by atoms with Gasteiger partial charge in [-0.05, 0) is 68.1 Å². The smallest absolute Gasteiger partial charge is 0.119 e. The van der Waals surface area contributed by atoms with Crippen molar-refractivity contribution < 1.29 is 4.74 Å². The predicted molar refractivity (Wildman–Crippen MR) is 111 cm³/mol. The molecule has 3 nitrogen and oxygen atoms in total. The monoisotopic (exact) mass is 360 g/mol. The fourth-order valence-electron chi connectivity index (χ4n) is 5.67. The van der Waals surface area contributed by atoms with Crippen LogP contribution in [0.15, 0.2) is 48.5 Å². The van der Waals surface area contributed by atoms with Crippen molar-refractivity contribution in [3.63, 3.8) is 0 Å². The Morgan fingerprint density at radius 2 is 1.93 bits per heavy atom. The molecule has 0 amide bonds. The summed E-state index contributed by atoms with van der Waals surface area (Å²) in [4.78, 5) is 2.51. The lowest BCUT2D eigenvalue weighted by Crippen LogP contribution is -2.53. The molecule has 3 heteroatoms. The minimum Gasteiger partial charge on any atom is -0.497 e. The summed E-state index contributed by atoms with van der Waals surface area (Å²) in [5, 5.41) is 1.45. The van der Waals surface area contributed by atoms with E-state index in [0.717, 1.165) is 25.1 Å². The molecule has 1 aliphatic heterocycles. The number of hydrogen-bond donors (Lipinski definition) is 0. The zero-order chi connectivity index (χ0) is 18.6. The molecule has 0 bridgehead atoms. The summed E-state index contributed by atoms with van der Waals surface area (Å²) in [6.45, 7) is 2.33. The fourth-order valence-corrected chi connectivity index (χ4v) is 5.67. The molecular weight excluding hydrogens is 332 g/mol. The Kier molecular flexibility index (Phi) is 3.83. The molecule has 5 rings (SSSR count). The number of nitrogens with zero attached hydrogens (tertiary/aromatic N) is 2. The number of hydrogen-bond acceptors (Lipinski definition) is 2. The number of aryl methyl sites for hydroxylation is 1. The Hall–Kier alpha value is -2.26. The van der Waals surface area contributed by atoms with Crippen LogP contribution in [0, 0.1) is 5.92 Å². The molecule has 1 saturated heterocycles. The van der Waals surface area contributed by atoms with Crippen LogP contribution in [0.2, 0.25) is 0 Å². The van der Waals surface area contributed by atoms with Gasteiger partial charge in [0.05, 0.1) is 7.11 Å². The van der Waals surface area contributed by atoms with E-state index in [9.17, 15) is 0 Å². The molecule has 27 heavy (non-hydrogen) atoms. The fraction of sp³-hybridized carbons (Fsp3) is 0.417. The van der Waals surface area contributed by atoms with Gasteiger partial charge in [0, 0.05) is 35.6 Å². The average molecular weight is 361 g/mol. The first-order chi connectivity index (χ1) is 13.1. The van der Waals surface area contributed by atoms with Gasteiger partial charge in [-0.15, -0.1) is 0 Å². The number of para-hydroxylation sites is 1. The number of benzene rings is 2. The van der Waals surface area contributed by atoms with Crippen molar-refractivity contribution in [3.8, 4) is 5.75 Å². The van der Waals surface area contributed by atoms with Crippen molar-refractivity contribution in [1.82, 2.24) is 9.47 Å². The second-order valence-corrected chi connectivity index (χ2v) is 8.48. The van der Waals surface area contributed by atoms with Gasteiger partial charge in [-0.2, -0.15) is 0 Å². The number of aromatic nitrogens is 1. The normalized spacial score (nSPS) is 25.2. The van der Waals surface area contributed by atoms with Crippen molar-refractivity contribution in [2.45, 2.75) is 24.7 Å². The second-order valence-electron chi connectivity index (χ2n) is 8.48. The summed E-state index contributed by atoms with van der Waals surface area (Å²) in [5.74, 6) is 1.61. The van der Waals surface area contributed by atoms with E-state index in [-0.39, 0.29) is 5.41 Å². The number of ether oxygens (including phenoxy) is 1. The first-order valence-electron chi connectivity index (χ1n) is 10.0. The van der Waals surface area contributed by atoms with Gasteiger partial charge in [0.15, 0.2) is 0 Å². The third kappa shape index (κ3) is 2.45. The number of rotatable bonds is 2. The van der Waals surface area contributed by atoms with E-state index >= 15 is 0 Å². The quantitative estimate of drug-likeness (QED) is 0.682. The minimum absolute atomic E-state index is 0.205. The van der Waals surface area contributed by atoms with Crippen molar-refractivity contribution >= 4 is 10.9 Å². The van der Waals surface area contributed by atoms with Crippen molar-refractivity contribution in [1.29, 1.82) is 0 Å². The highest BCUT2D eigenvalue weighted by Crippen LogP contribution is 2.49. The summed E-state index contributed by atoms with van der Waals surface area (Å²) in [6.07, 6.45) is 3.50. The van der Waals surface area contributed by atoms with E-state index in [1.54, 1.807) is 12.7 Å². The van der Waals surface area contributed by atoms with Gasteiger partial charge in [0.1, 0.15) is 5.75 Å². The van der Waals surface area contributed by atoms with E-state index < -0.39 is 0 Å². The number of fused-ring (bicyclic) bond motifs is 4. The molecule has 2 aromatic carbocycles. The zero-order valence-corrected chi connectivity index (χ0v) is 16.5. The summed E-state index contributed by atoms with van der Waals surface area (Å²) in [6, 6.07) is 17.7. The third-order valence-electron chi connectivity index (χ3n) is 7.17. The van der Waals surface area contributed by atoms with Gasteiger partial charge < -0.3 is 14.2 Å². The van der Waals surface area contributed by atoms with Crippen LogP contribution in [-0.4, -0.2) is 36.7 Å². The van der Waals surface area contributed by atoms with Gasteiger partial charge >= 0.3 is 0 Å². The first-order valence-corrected chi connectivity index (χ1v) is 10.0. The maximum absolute atomic E-state index is 5.57. The van der Waals surface area contributed by atoms with Crippen LogP contribution in [-0.2, 0) is 25.3 Å². The molecule has 1 unspecified atom stereocenters. The van der Waals surface area contributed by atoms with Crippen LogP contribution in [0.5, 0.6) is 5.75 Å². The van der Waals surface area contributed by atoms with Gasteiger partial charge in [-0.25, -0.2) is 0 Å². The van der Waals surface area contributed by atoms with E-state index in [1.165, 1.54) is 35.1 Å². The average Bonchev–Trinajstić information content (AvgIpc) is 2.98. The predicted octanol–water partition coefficient (Wildman–Crippen LogP) is 4.18. The van der Waals surface area contributed by atoms with Gasteiger partial charge in [0.25, 0.3) is 0 Å². The molecule has 140 valence electrons. The molecular formula is C24H28N2O. The lowest BCUT2D eigenvalue weighted by Gasteiger charge is -2.50. The molecule has 1 aromatic heterocycles. The highest BCUT2D eigenvalue weighted by atomic mass is 16.5. The second kappa shape index (κ2) is 6.13. The Bertz CT molecular complexity index is 1000. The largest absolute Gasteiger partial charge is 0.497 e. The van der Waals surface area contributed by atoms with Crippen LogP contribution in [0.3, 0.4) is 0 Å². The maximum Gasteiger partial charge on any atom is 0.119 e. The summed E-state index contributed by atoms with van der Waals surface area (Å²) >= 11 is 0. The van der Waals surface area contributed by atoms with E-state index in [0.29, 0.717) is 5.92 Å². The highest BCUT2D eigenvalue weighted by Gasteiger charge is 2.48. The Balaban J connectivity index is 1.70. The zero-order valence-electron chi connectivity index (χ0n) is 16.5. The molecule has 1 fully saturated rings. The van der Waals surface area contributed by atoms with Gasteiger partial charge in [-0.3, -0.25) is 0 Å². The molecule has 0 saturated carbocycles. The van der Waals surface area contributed by atoms with Crippen molar-refractivity contribution in [2.75, 3.05) is 27.2 Å². The highest BCUT2D eigenvalue weighted by molar-refractivity contribution is 5.86. The SMILES string of the molecule is COc1cccc([C@]23CCN(C)CC2Cc2c(n(C)c4ccccc24)C3)c1. The number of methoxy groups -OCH3 is 1. The molecule has 3 aromatic rings. The van der Waals surface area contributed by atoms with Crippen LogP contribution in [0.1, 0.15) is 23.2 Å². The lowest BCUT2D eigenvalue weighted by atomic mass is 9.59. The van der Waals surface area contributed by atoms with E-state index in [1.807, 2.05) is 0 Å². The van der Waals surface area contributed by atoms with Crippen LogP contribution in [0.4, 0.5) is 0 Å². The summed E-state index contributed by atoms with van der Waals surface area (Å²) in [5.41, 5.74) is 6.13. The van der Waals surface area contributed by atoms with Crippen molar-refractivity contribution in [3.05, 3.63) is 65.4 Å². The number of piperidine rings is 1. The molecule has 2 aliphatic rings. The third-order valence-corrected chi connectivity index (χ3v) is 7.17. The van der Waals surface area contributed by atoms with E-state index in [4.69, 9.17) is 4.74 Å². The van der Waals surface area contributed by atoms with Crippen LogP contribution < -0.4 is 4.74 Å². The Morgan fingerprint density at radius 1 is 1.07 bits per heavy atom. The first kappa shape index (κ1) is 16.9. The van der Waals surface area contributed by atoms with E-state index in [2.05, 4.69) is 72.1 Å². The minimum atomic E-state index is 0.205. The molecule has 2 atom stereocenters. The van der Waals surface area contributed by atoms with Gasteiger partial charge in [0.2, 0.25) is 0 Å². The maximum atomic E-state index is 5.57. The van der Waals surface area contributed by atoms with Crippen LogP contribution in [0.25, 0.3) is 10.9 Å². The molecule has 0 spiro atoms. The molecule has 2 heterocycles.